The van der Waals surface area contributed by atoms with Crippen molar-refractivity contribution >= 4 is 0 Å². The zero-order chi connectivity index (χ0) is 12.0. The third kappa shape index (κ3) is 4.77. The van der Waals surface area contributed by atoms with Gasteiger partial charge in [0.2, 0.25) is 0 Å². The highest BCUT2D eigenvalue weighted by atomic mass is 14.9. The van der Waals surface area contributed by atoms with Crippen LogP contribution in [0, 0.1) is 6.92 Å². The molecule has 2 N–H and O–H groups in total. The molecule has 1 aromatic carbocycles. The number of hydrogen-bond acceptors (Lipinski definition) is 2. The molecule has 0 amide bonds. The highest BCUT2D eigenvalue weighted by Gasteiger charge is 2.17. The molecule has 0 unspecified atom stereocenters. The van der Waals surface area contributed by atoms with Gasteiger partial charge in [-0.25, -0.2) is 0 Å². The van der Waals surface area contributed by atoms with Gasteiger partial charge in [-0.05, 0) is 46.3 Å². The second-order valence-corrected chi connectivity index (χ2v) is 4.48. The summed E-state index contributed by atoms with van der Waals surface area (Å²) in [6.07, 6.45) is 2.80. The summed E-state index contributed by atoms with van der Waals surface area (Å²) in [4.78, 5) is 0. The minimum Gasteiger partial charge on any atom is -0.317 e. The number of aryl methyl sites for hydroxylation is 1. The quantitative estimate of drug-likeness (QED) is 0.818. The zero-order valence-electron chi connectivity index (χ0n) is 10.9. The first-order valence-electron chi connectivity index (χ1n) is 6.08. The van der Waals surface area contributed by atoms with Crippen molar-refractivity contribution in [2.45, 2.75) is 38.8 Å². The van der Waals surface area contributed by atoms with E-state index in [2.05, 4.69) is 48.7 Å². The molecule has 0 aromatic heterocycles. The van der Waals surface area contributed by atoms with Crippen molar-refractivity contribution in [3.05, 3.63) is 35.4 Å². The van der Waals surface area contributed by atoms with Gasteiger partial charge in [0.1, 0.15) is 0 Å². The van der Waals surface area contributed by atoms with E-state index < -0.39 is 0 Å². The van der Waals surface area contributed by atoms with Gasteiger partial charge in [0.25, 0.3) is 0 Å². The van der Waals surface area contributed by atoms with Crippen LogP contribution >= 0.6 is 0 Å². The summed E-state index contributed by atoms with van der Waals surface area (Å²) in [5, 5.41) is 6.34. The van der Waals surface area contributed by atoms with Gasteiger partial charge >= 0.3 is 0 Å². The monoisotopic (exact) mass is 220 g/mol. The first kappa shape index (κ1) is 13.2. The molecular weight excluding hydrogens is 196 g/mol. The van der Waals surface area contributed by atoms with Gasteiger partial charge < -0.3 is 10.6 Å². The molecular formula is C14H24N2. The van der Waals surface area contributed by atoms with Crippen LogP contribution in [-0.2, 0) is 0 Å². The summed E-state index contributed by atoms with van der Waals surface area (Å²) in [6.45, 7) is 4.26. The third-order valence-electron chi connectivity index (χ3n) is 3.00. The molecule has 2 nitrogen and oxygen atoms in total. The molecule has 0 aliphatic heterocycles. The van der Waals surface area contributed by atoms with Crippen LogP contribution in [0.25, 0.3) is 0 Å². The number of hydrogen-bond donors (Lipinski definition) is 2. The molecule has 0 radical (unpaired) electrons. The smallest absolute Gasteiger partial charge is 0.0289 e. The van der Waals surface area contributed by atoms with Crippen molar-refractivity contribution in [2.24, 2.45) is 0 Å². The standard InChI is InChI=1S/C10H15N.C4H9N/c1-8-4-6-10(7-5-8)9(2)11-3;1-5-4-2-3-4/h4-7,9,11H,1-3H3;4-5H,2-3H2,1H3/t9-;/m1./s1. The predicted molar refractivity (Wildman–Crippen MR) is 70.7 cm³/mol. The van der Waals surface area contributed by atoms with E-state index in [1.165, 1.54) is 24.0 Å². The molecule has 2 heteroatoms. The van der Waals surface area contributed by atoms with Gasteiger partial charge in [-0.2, -0.15) is 0 Å². The Bertz CT molecular complexity index is 288. The summed E-state index contributed by atoms with van der Waals surface area (Å²) in [5.74, 6) is 0. The zero-order valence-corrected chi connectivity index (χ0v) is 10.9. The van der Waals surface area contributed by atoms with Crippen LogP contribution < -0.4 is 10.6 Å². The predicted octanol–water partition coefficient (Wildman–Crippen LogP) is 2.64. The fourth-order valence-corrected chi connectivity index (χ4v) is 1.39. The van der Waals surface area contributed by atoms with E-state index >= 15 is 0 Å². The average Bonchev–Trinajstić information content (AvgIpc) is 3.13. The molecule has 1 atom stereocenters. The average molecular weight is 220 g/mol. The van der Waals surface area contributed by atoms with E-state index in [0.29, 0.717) is 6.04 Å². The van der Waals surface area contributed by atoms with Crippen molar-refractivity contribution in [1.82, 2.24) is 10.6 Å². The van der Waals surface area contributed by atoms with Crippen LogP contribution in [-0.4, -0.2) is 20.1 Å². The highest BCUT2D eigenvalue weighted by molar-refractivity contribution is 5.23. The molecule has 0 spiro atoms. The minimum atomic E-state index is 0.454. The fourth-order valence-electron chi connectivity index (χ4n) is 1.39. The van der Waals surface area contributed by atoms with Gasteiger partial charge in [0.15, 0.2) is 0 Å². The number of rotatable bonds is 3. The van der Waals surface area contributed by atoms with Crippen LogP contribution in [0.4, 0.5) is 0 Å². The Morgan fingerprint density at radius 2 is 1.69 bits per heavy atom. The molecule has 90 valence electrons. The molecule has 2 rings (SSSR count). The maximum atomic E-state index is 3.20. The molecule has 16 heavy (non-hydrogen) atoms. The SMILES string of the molecule is CNC1CC1.CN[C@H](C)c1ccc(C)cc1. The largest absolute Gasteiger partial charge is 0.317 e. The molecule has 0 saturated heterocycles. The maximum Gasteiger partial charge on any atom is 0.0289 e. The maximum absolute atomic E-state index is 3.20. The van der Waals surface area contributed by atoms with Gasteiger partial charge in [-0.15, -0.1) is 0 Å². The van der Waals surface area contributed by atoms with E-state index in [9.17, 15) is 0 Å². The Labute approximate surface area is 99.5 Å². The van der Waals surface area contributed by atoms with Crippen molar-refractivity contribution in [3.63, 3.8) is 0 Å². The number of nitrogens with one attached hydrogen (secondary N) is 2. The third-order valence-corrected chi connectivity index (χ3v) is 3.00. The van der Waals surface area contributed by atoms with E-state index in [4.69, 9.17) is 0 Å². The van der Waals surface area contributed by atoms with Gasteiger partial charge in [-0.1, -0.05) is 29.8 Å². The molecule has 1 saturated carbocycles. The van der Waals surface area contributed by atoms with E-state index in [1.54, 1.807) is 0 Å². The lowest BCUT2D eigenvalue weighted by molar-refractivity contribution is 0.652. The van der Waals surface area contributed by atoms with Crippen molar-refractivity contribution < 1.29 is 0 Å². The number of benzene rings is 1. The lowest BCUT2D eigenvalue weighted by atomic mass is 10.1. The Morgan fingerprint density at radius 1 is 1.12 bits per heavy atom. The molecule has 0 bridgehead atoms. The Balaban J connectivity index is 0.000000212. The molecule has 1 aromatic rings. The van der Waals surface area contributed by atoms with E-state index in [0.717, 1.165) is 6.04 Å². The Hall–Kier alpha value is -0.860. The molecule has 0 heterocycles. The van der Waals surface area contributed by atoms with Crippen LogP contribution in [0.5, 0.6) is 0 Å². The summed E-state index contributed by atoms with van der Waals surface area (Å²) in [7, 11) is 3.99. The van der Waals surface area contributed by atoms with Crippen molar-refractivity contribution in [2.75, 3.05) is 14.1 Å². The molecule has 1 aliphatic carbocycles. The van der Waals surface area contributed by atoms with Crippen LogP contribution in [0.3, 0.4) is 0 Å². The lowest BCUT2D eigenvalue weighted by Crippen LogP contribution is -2.11. The van der Waals surface area contributed by atoms with Crippen molar-refractivity contribution in [3.8, 4) is 0 Å². The Morgan fingerprint density at radius 3 is 2.00 bits per heavy atom. The first-order chi connectivity index (χ1) is 7.67. The van der Waals surface area contributed by atoms with Crippen LogP contribution in [0.2, 0.25) is 0 Å². The summed E-state index contributed by atoms with van der Waals surface area (Å²) in [6, 6.07) is 9.95. The summed E-state index contributed by atoms with van der Waals surface area (Å²) < 4.78 is 0. The van der Waals surface area contributed by atoms with Crippen LogP contribution in [0.15, 0.2) is 24.3 Å². The summed E-state index contributed by atoms with van der Waals surface area (Å²) >= 11 is 0. The topological polar surface area (TPSA) is 24.1 Å². The second-order valence-electron chi connectivity index (χ2n) is 4.48. The highest BCUT2D eigenvalue weighted by Crippen LogP contribution is 2.17. The normalized spacial score (nSPS) is 16.2. The van der Waals surface area contributed by atoms with Crippen molar-refractivity contribution in [1.29, 1.82) is 0 Å². The minimum absolute atomic E-state index is 0.454. The molecule has 1 aliphatic rings. The summed E-state index contributed by atoms with van der Waals surface area (Å²) in [5.41, 5.74) is 2.66. The van der Waals surface area contributed by atoms with Crippen LogP contribution in [0.1, 0.15) is 36.9 Å². The first-order valence-corrected chi connectivity index (χ1v) is 6.08. The lowest BCUT2D eigenvalue weighted by Gasteiger charge is -2.09. The van der Waals surface area contributed by atoms with Gasteiger partial charge in [0, 0.05) is 12.1 Å². The van der Waals surface area contributed by atoms with Gasteiger partial charge in [0.05, 0.1) is 0 Å². The molecule has 1 fully saturated rings. The Kier molecular flexibility index (Phi) is 5.50. The van der Waals surface area contributed by atoms with Gasteiger partial charge in [-0.3, -0.25) is 0 Å². The fraction of sp³-hybridized carbons (Fsp3) is 0.571. The van der Waals surface area contributed by atoms with E-state index in [-0.39, 0.29) is 0 Å². The van der Waals surface area contributed by atoms with E-state index in [1.807, 2.05) is 14.1 Å². The second kappa shape index (κ2) is 6.66.